The zero-order valence-corrected chi connectivity index (χ0v) is 11.5. The van der Waals surface area contributed by atoms with E-state index in [1.54, 1.807) is 4.90 Å². The fourth-order valence-corrected chi connectivity index (χ4v) is 2.75. The molecule has 1 fully saturated rings. The summed E-state index contributed by atoms with van der Waals surface area (Å²) in [6.45, 7) is 3.73. The Labute approximate surface area is 115 Å². The predicted octanol–water partition coefficient (Wildman–Crippen LogP) is 1.48. The number of aromatic carboxylic acids is 1. The van der Waals surface area contributed by atoms with Crippen molar-refractivity contribution in [3.63, 3.8) is 0 Å². The molecular weight excluding hydrogens is 268 g/mol. The SMILES string of the molecule is CCN(CC1CCCO1)C(=O)c1nc(C(=O)O)cs1. The fourth-order valence-electron chi connectivity index (χ4n) is 2.00. The topological polar surface area (TPSA) is 79.7 Å². The molecule has 7 heteroatoms. The summed E-state index contributed by atoms with van der Waals surface area (Å²) in [5.74, 6) is -1.34. The van der Waals surface area contributed by atoms with Crippen LogP contribution in [-0.4, -0.2) is 52.7 Å². The number of hydrogen-bond donors (Lipinski definition) is 1. The Morgan fingerprint density at radius 1 is 1.63 bits per heavy atom. The second-order valence-corrected chi connectivity index (χ2v) is 5.18. The van der Waals surface area contributed by atoms with Crippen molar-refractivity contribution in [3.05, 3.63) is 16.1 Å². The summed E-state index contributed by atoms with van der Waals surface area (Å²) < 4.78 is 5.51. The Morgan fingerprint density at radius 2 is 2.42 bits per heavy atom. The van der Waals surface area contributed by atoms with Crippen LogP contribution in [0.15, 0.2) is 5.38 Å². The van der Waals surface area contributed by atoms with Gasteiger partial charge in [0.1, 0.15) is 0 Å². The number of nitrogens with zero attached hydrogens (tertiary/aromatic N) is 2. The van der Waals surface area contributed by atoms with Gasteiger partial charge in [0, 0.05) is 25.1 Å². The van der Waals surface area contributed by atoms with Gasteiger partial charge >= 0.3 is 5.97 Å². The molecule has 1 aliphatic heterocycles. The number of hydrogen-bond acceptors (Lipinski definition) is 5. The van der Waals surface area contributed by atoms with Crippen LogP contribution in [0, 0.1) is 0 Å². The number of likely N-dealkylation sites (N-methyl/N-ethyl adjacent to an activating group) is 1. The number of carbonyl (C=O) groups excluding carboxylic acids is 1. The Hall–Kier alpha value is -1.47. The molecule has 1 unspecified atom stereocenters. The predicted molar refractivity (Wildman–Crippen MR) is 69.6 cm³/mol. The largest absolute Gasteiger partial charge is 0.476 e. The van der Waals surface area contributed by atoms with Gasteiger partial charge in [-0.05, 0) is 19.8 Å². The molecule has 104 valence electrons. The minimum atomic E-state index is -1.11. The van der Waals surface area contributed by atoms with Gasteiger partial charge < -0.3 is 14.7 Å². The number of aromatic nitrogens is 1. The van der Waals surface area contributed by atoms with Crippen LogP contribution in [0.25, 0.3) is 0 Å². The number of amides is 1. The first-order chi connectivity index (χ1) is 9.11. The molecule has 1 atom stereocenters. The maximum atomic E-state index is 12.2. The molecule has 0 radical (unpaired) electrons. The van der Waals surface area contributed by atoms with Crippen LogP contribution < -0.4 is 0 Å². The minimum absolute atomic E-state index is 0.0819. The average Bonchev–Trinajstić information content (AvgIpc) is 3.06. The van der Waals surface area contributed by atoms with Crippen LogP contribution in [0.4, 0.5) is 0 Å². The van der Waals surface area contributed by atoms with Crippen LogP contribution in [0.1, 0.15) is 40.1 Å². The van der Waals surface area contributed by atoms with Crippen molar-refractivity contribution < 1.29 is 19.4 Å². The summed E-state index contributed by atoms with van der Waals surface area (Å²) >= 11 is 1.06. The van der Waals surface area contributed by atoms with Gasteiger partial charge in [-0.25, -0.2) is 9.78 Å². The van der Waals surface area contributed by atoms with Crippen molar-refractivity contribution in [1.82, 2.24) is 9.88 Å². The normalized spacial score (nSPS) is 18.5. The molecule has 0 saturated carbocycles. The van der Waals surface area contributed by atoms with Crippen LogP contribution in [0.2, 0.25) is 0 Å². The van der Waals surface area contributed by atoms with Gasteiger partial charge in [0.15, 0.2) is 10.7 Å². The second kappa shape index (κ2) is 6.12. The van der Waals surface area contributed by atoms with Gasteiger partial charge in [0.05, 0.1) is 6.10 Å². The maximum absolute atomic E-state index is 12.2. The van der Waals surface area contributed by atoms with Gasteiger partial charge in [-0.1, -0.05) is 0 Å². The minimum Gasteiger partial charge on any atom is -0.476 e. The van der Waals surface area contributed by atoms with Gasteiger partial charge in [-0.15, -0.1) is 11.3 Å². The first kappa shape index (κ1) is 14.0. The molecule has 1 aromatic rings. The standard InChI is InChI=1S/C12H16N2O4S/c1-2-14(6-8-4-3-5-18-8)11(15)10-13-9(7-19-10)12(16)17/h7-8H,2-6H2,1H3,(H,16,17). The lowest BCUT2D eigenvalue weighted by Gasteiger charge is -2.22. The van der Waals surface area contributed by atoms with Gasteiger partial charge in [0.25, 0.3) is 5.91 Å². The van der Waals surface area contributed by atoms with E-state index in [-0.39, 0.29) is 22.7 Å². The highest BCUT2D eigenvalue weighted by molar-refractivity contribution is 7.11. The molecule has 1 amide bonds. The number of thiazole rings is 1. The highest BCUT2D eigenvalue weighted by Crippen LogP contribution is 2.17. The molecule has 1 N–H and O–H groups in total. The summed E-state index contributed by atoms with van der Waals surface area (Å²) in [6, 6.07) is 0. The van der Waals surface area contributed by atoms with Crippen molar-refractivity contribution >= 4 is 23.2 Å². The van der Waals surface area contributed by atoms with Crippen LogP contribution >= 0.6 is 11.3 Å². The monoisotopic (exact) mass is 284 g/mol. The van der Waals surface area contributed by atoms with E-state index in [9.17, 15) is 9.59 Å². The molecule has 19 heavy (non-hydrogen) atoms. The van der Waals surface area contributed by atoms with E-state index in [4.69, 9.17) is 9.84 Å². The fraction of sp³-hybridized carbons (Fsp3) is 0.583. The molecule has 2 heterocycles. The van der Waals surface area contributed by atoms with E-state index in [0.29, 0.717) is 13.1 Å². The van der Waals surface area contributed by atoms with Gasteiger partial charge in [-0.2, -0.15) is 0 Å². The van der Waals surface area contributed by atoms with Crippen molar-refractivity contribution in [2.75, 3.05) is 19.7 Å². The zero-order chi connectivity index (χ0) is 13.8. The highest BCUT2D eigenvalue weighted by atomic mass is 32.1. The van der Waals surface area contributed by atoms with Crippen molar-refractivity contribution in [2.24, 2.45) is 0 Å². The van der Waals surface area contributed by atoms with E-state index in [2.05, 4.69) is 4.98 Å². The average molecular weight is 284 g/mol. The number of rotatable bonds is 5. The van der Waals surface area contributed by atoms with Crippen LogP contribution in [0.3, 0.4) is 0 Å². The van der Waals surface area contributed by atoms with Crippen LogP contribution in [-0.2, 0) is 4.74 Å². The van der Waals surface area contributed by atoms with E-state index in [1.165, 1.54) is 5.38 Å². The summed E-state index contributed by atoms with van der Waals surface area (Å²) in [5.41, 5.74) is -0.0819. The zero-order valence-electron chi connectivity index (χ0n) is 10.7. The summed E-state index contributed by atoms with van der Waals surface area (Å²) in [6.07, 6.45) is 2.07. The molecule has 1 aliphatic rings. The summed E-state index contributed by atoms with van der Waals surface area (Å²) in [4.78, 5) is 28.5. The van der Waals surface area contributed by atoms with Gasteiger partial charge in [0.2, 0.25) is 0 Å². The third-order valence-electron chi connectivity index (χ3n) is 3.02. The molecule has 0 spiro atoms. The van der Waals surface area contributed by atoms with Crippen molar-refractivity contribution in [1.29, 1.82) is 0 Å². The first-order valence-corrected chi connectivity index (χ1v) is 7.09. The van der Waals surface area contributed by atoms with Crippen LogP contribution in [0.5, 0.6) is 0 Å². The third-order valence-corrected chi connectivity index (χ3v) is 3.85. The molecule has 2 rings (SSSR count). The smallest absolute Gasteiger partial charge is 0.355 e. The molecule has 0 aromatic carbocycles. The number of ether oxygens (including phenoxy) is 1. The Balaban J connectivity index is 2.04. The quantitative estimate of drug-likeness (QED) is 0.886. The molecule has 1 saturated heterocycles. The number of carboxylic acids is 1. The molecular formula is C12H16N2O4S. The summed E-state index contributed by atoms with van der Waals surface area (Å²) in [5, 5.41) is 10.4. The summed E-state index contributed by atoms with van der Waals surface area (Å²) in [7, 11) is 0. The second-order valence-electron chi connectivity index (χ2n) is 4.32. The molecule has 0 bridgehead atoms. The lowest BCUT2D eigenvalue weighted by Crippen LogP contribution is -2.37. The Kier molecular flexibility index (Phi) is 4.49. The van der Waals surface area contributed by atoms with Gasteiger partial charge in [-0.3, -0.25) is 4.79 Å². The third kappa shape index (κ3) is 3.30. The molecule has 6 nitrogen and oxygen atoms in total. The first-order valence-electron chi connectivity index (χ1n) is 6.21. The highest BCUT2D eigenvalue weighted by Gasteiger charge is 2.24. The number of carbonyl (C=O) groups is 2. The van der Waals surface area contributed by atoms with E-state index in [1.807, 2.05) is 6.92 Å². The van der Waals surface area contributed by atoms with Crippen molar-refractivity contribution in [3.8, 4) is 0 Å². The number of carboxylic acid groups (broad SMARTS) is 1. The maximum Gasteiger partial charge on any atom is 0.355 e. The Bertz CT molecular complexity index is 468. The molecule has 1 aromatic heterocycles. The Morgan fingerprint density at radius 3 is 2.95 bits per heavy atom. The van der Waals surface area contributed by atoms with Crippen molar-refractivity contribution in [2.45, 2.75) is 25.9 Å². The molecule has 0 aliphatic carbocycles. The lowest BCUT2D eigenvalue weighted by atomic mass is 10.2. The van der Waals surface area contributed by atoms with E-state index >= 15 is 0 Å². The van der Waals surface area contributed by atoms with E-state index < -0.39 is 5.97 Å². The van der Waals surface area contributed by atoms with E-state index in [0.717, 1.165) is 30.8 Å². The lowest BCUT2D eigenvalue weighted by molar-refractivity contribution is 0.0538.